The van der Waals surface area contributed by atoms with Crippen LogP contribution in [0.2, 0.25) is 0 Å². The van der Waals surface area contributed by atoms with Crippen LogP contribution in [-0.4, -0.2) is 26.2 Å². The van der Waals surface area contributed by atoms with Crippen LogP contribution >= 0.6 is 0 Å². The summed E-state index contributed by atoms with van der Waals surface area (Å²) in [5.41, 5.74) is 0.359. The third kappa shape index (κ3) is 5.88. The normalized spacial score (nSPS) is 11.4. The topological polar surface area (TPSA) is 52.6 Å². The molecule has 0 unspecified atom stereocenters. The van der Waals surface area contributed by atoms with Crippen molar-refractivity contribution < 1.29 is 19.1 Å². The molecular weight excluding hydrogens is 196 g/mol. The van der Waals surface area contributed by atoms with Crippen LogP contribution in [0.3, 0.4) is 0 Å². The molecule has 4 nitrogen and oxygen atoms in total. The lowest BCUT2D eigenvalue weighted by Crippen LogP contribution is -2.09. The van der Waals surface area contributed by atoms with Gasteiger partial charge in [0.2, 0.25) is 0 Å². The Labute approximate surface area is 90.2 Å². The van der Waals surface area contributed by atoms with E-state index in [4.69, 9.17) is 0 Å². The van der Waals surface area contributed by atoms with Crippen molar-refractivity contribution in [1.82, 2.24) is 0 Å². The minimum absolute atomic E-state index is 0.359. The van der Waals surface area contributed by atoms with Gasteiger partial charge in [-0.2, -0.15) is 0 Å². The van der Waals surface area contributed by atoms with Gasteiger partial charge in [0.25, 0.3) is 0 Å². The molecule has 0 amide bonds. The molecule has 0 aromatic carbocycles. The van der Waals surface area contributed by atoms with Gasteiger partial charge in [-0.25, -0.2) is 9.59 Å². The van der Waals surface area contributed by atoms with E-state index in [-0.39, 0.29) is 0 Å². The molecule has 0 aromatic rings. The number of carbonyl (C=O) groups is 2. The first kappa shape index (κ1) is 13.7. The molecule has 0 aliphatic carbocycles. The summed E-state index contributed by atoms with van der Waals surface area (Å²) in [7, 11) is 2.57. The summed E-state index contributed by atoms with van der Waals surface area (Å²) in [6, 6.07) is 0. The van der Waals surface area contributed by atoms with E-state index in [1.54, 1.807) is 0 Å². The van der Waals surface area contributed by atoms with Crippen LogP contribution < -0.4 is 0 Å². The summed E-state index contributed by atoms with van der Waals surface area (Å²) >= 11 is 0. The maximum Gasteiger partial charge on any atom is 0.333 e. The molecular formula is C11H18O4. The first-order chi connectivity index (χ1) is 7.01. The molecule has 0 aliphatic heterocycles. The number of hydrogen-bond donors (Lipinski definition) is 0. The minimum atomic E-state index is -0.529. The fraction of sp³-hybridized carbons (Fsp3) is 0.636. The average molecular weight is 214 g/mol. The Hall–Kier alpha value is -1.32. The van der Waals surface area contributed by atoms with Gasteiger partial charge in [-0.05, 0) is 18.8 Å². The van der Waals surface area contributed by atoms with Gasteiger partial charge in [-0.1, -0.05) is 13.8 Å². The second-order valence-corrected chi connectivity index (χ2v) is 3.62. The van der Waals surface area contributed by atoms with E-state index in [0.717, 1.165) is 6.42 Å². The summed E-state index contributed by atoms with van der Waals surface area (Å²) in [4.78, 5) is 22.3. The van der Waals surface area contributed by atoms with E-state index in [1.807, 2.05) is 13.8 Å². The molecule has 0 rings (SSSR count). The lowest BCUT2D eigenvalue weighted by Gasteiger charge is -2.07. The number of ether oxygens (including phenoxy) is 2. The molecule has 0 radical (unpaired) electrons. The second-order valence-electron chi connectivity index (χ2n) is 3.62. The molecule has 0 heterocycles. The van der Waals surface area contributed by atoms with Gasteiger partial charge in [0.1, 0.15) is 0 Å². The third-order valence-electron chi connectivity index (χ3n) is 1.93. The Morgan fingerprint density at radius 1 is 1.20 bits per heavy atom. The molecule has 0 saturated heterocycles. The first-order valence-corrected chi connectivity index (χ1v) is 4.88. The van der Waals surface area contributed by atoms with Crippen LogP contribution in [0.1, 0.15) is 26.7 Å². The van der Waals surface area contributed by atoms with E-state index in [2.05, 4.69) is 9.47 Å². The highest BCUT2D eigenvalue weighted by Gasteiger charge is 2.12. The summed E-state index contributed by atoms with van der Waals surface area (Å²) in [5.74, 6) is -0.532. The number of methoxy groups -OCH3 is 2. The number of rotatable bonds is 5. The SMILES string of the molecule is COC(=O)/C=C(/CCC(C)C)C(=O)OC. The summed E-state index contributed by atoms with van der Waals surface area (Å²) in [5, 5.41) is 0. The Morgan fingerprint density at radius 3 is 2.20 bits per heavy atom. The molecule has 0 aromatic heterocycles. The Morgan fingerprint density at radius 2 is 1.80 bits per heavy atom. The van der Waals surface area contributed by atoms with Crippen molar-refractivity contribution in [1.29, 1.82) is 0 Å². The summed E-state index contributed by atoms with van der Waals surface area (Å²) in [6.07, 6.45) is 2.55. The second kappa shape index (κ2) is 7.04. The predicted molar refractivity (Wildman–Crippen MR) is 56.2 cm³/mol. The minimum Gasteiger partial charge on any atom is -0.466 e. The van der Waals surface area contributed by atoms with Gasteiger partial charge in [-0.3, -0.25) is 0 Å². The molecule has 0 bridgehead atoms. The fourth-order valence-electron chi connectivity index (χ4n) is 1.01. The summed E-state index contributed by atoms with van der Waals surface area (Å²) < 4.78 is 9.03. The largest absolute Gasteiger partial charge is 0.466 e. The molecule has 0 saturated carbocycles. The zero-order chi connectivity index (χ0) is 11.8. The standard InChI is InChI=1S/C11H18O4/c1-8(2)5-6-9(11(13)15-4)7-10(12)14-3/h7-8H,5-6H2,1-4H3/b9-7-. The van der Waals surface area contributed by atoms with Crippen LogP contribution in [0.5, 0.6) is 0 Å². The van der Waals surface area contributed by atoms with Gasteiger partial charge < -0.3 is 9.47 Å². The zero-order valence-corrected chi connectivity index (χ0v) is 9.70. The van der Waals surface area contributed by atoms with Crippen molar-refractivity contribution in [2.75, 3.05) is 14.2 Å². The molecule has 0 spiro atoms. The van der Waals surface area contributed by atoms with Crippen LogP contribution in [0.25, 0.3) is 0 Å². The van der Waals surface area contributed by atoms with Crippen molar-refractivity contribution in [3.05, 3.63) is 11.6 Å². The maximum absolute atomic E-state index is 11.3. The number of esters is 2. The Bertz CT molecular complexity index is 253. The molecule has 15 heavy (non-hydrogen) atoms. The average Bonchev–Trinajstić information content (AvgIpc) is 2.22. The molecule has 0 atom stereocenters. The van der Waals surface area contributed by atoms with Crippen molar-refractivity contribution in [2.24, 2.45) is 5.92 Å². The van der Waals surface area contributed by atoms with E-state index in [1.165, 1.54) is 20.3 Å². The first-order valence-electron chi connectivity index (χ1n) is 4.88. The maximum atomic E-state index is 11.3. The molecule has 4 heteroatoms. The fourth-order valence-corrected chi connectivity index (χ4v) is 1.01. The Kier molecular flexibility index (Phi) is 6.42. The lowest BCUT2D eigenvalue weighted by molar-refractivity contribution is -0.138. The highest BCUT2D eigenvalue weighted by molar-refractivity contribution is 5.96. The van der Waals surface area contributed by atoms with Crippen LogP contribution in [0.4, 0.5) is 0 Å². The van der Waals surface area contributed by atoms with E-state index in [0.29, 0.717) is 17.9 Å². The third-order valence-corrected chi connectivity index (χ3v) is 1.93. The van der Waals surface area contributed by atoms with Gasteiger partial charge in [0.05, 0.1) is 14.2 Å². The van der Waals surface area contributed by atoms with Crippen LogP contribution in [-0.2, 0) is 19.1 Å². The predicted octanol–water partition coefficient (Wildman–Crippen LogP) is 1.70. The molecule has 0 fully saturated rings. The highest BCUT2D eigenvalue weighted by atomic mass is 16.5. The number of hydrogen-bond acceptors (Lipinski definition) is 4. The summed E-state index contributed by atoms with van der Waals surface area (Å²) in [6.45, 7) is 4.10. The Balaban J connectivity index is 4.51. The highest BCUT2D eigenvalue weighted by Crippen LogP contribution is 2.12. The van der Waals surface area contributed by atoms with Gasteiger partial charge in [0, 0.05) is 11.6 Å². The zero-order valence-electron chi connectivity index (χ0n) is 9.70. The molecule has 0 aliphatic rings. The van der Waals surface area contributed by atoms with E-state index < -0.39 is 11.9 Å². The van der Waals surface area contributed by atoms with E-state index >= 15 is 0 Å². The van der Waals surface area contributed by atoms with Crippen molar-refractivity contribution in [2.45, 2.75) is 26.7 Å². The smallest absolute Gasteiger partial charge is 0.333 e. The number of carbonyl (C=O) groups excluding carboxylic acids is 2. The van der Waals surface area contributed by atoms with Crippen molar-refractivity contribution in [3.63, 3.8) is 0 Å². The van der Waals surface area contributed by atoms with Gasteiger partial charge in [-0.15, -0.1) is 0 Å². The van der Waals surface area contributed by atoms with Gasteiger partial charge in [0.15, 0.2) is 0 Å². The quantitative estimate of drug-likeness (QED) is 0.516. The van der Waals surface area contributed by atoms with Gasteiger partial charge >= 0.3 is 11.9 Å². The monoisotopic (exact) mass is 214 g/mol. The molecule has 0 N–H and O–H groups in total. The van der Waals surface area contributed by atoms with Crippen molar-refractivity contribution >= 4 is 11.9 Å². The molecule has 86 valence electrons. The van der Waals surface area contributed by atoms with Crippen LogP contribution in [0.15, 0.2) is 11.6 Å². The van der Waals surface area contributed by atoms with Crippen molar-refractivity contribution in [3.8, 4) is 0 Å². The lowest BCUT2D eigenvalue weighted by atomic mass is 10.0. The van der Waals surface area contributed by atoms with Crippen LogP contribution in [0, 0.1) is 5.92 Å². The van der Waals surface area contributed by atoms with E-state index in [9.17, 15) is 9.59 Å².